The highest BCUT2D eigenvalue weighted by Crippen LogP contribution is 2.55. The molecule has 0 spiro atoms. The molecule has 1 heteroatoms. The number of hydrogen-bond donors (Lipinski definition) is 0. The van der Waals surface area contributed by atoms with Crippen LogP contribution in [0.5, 0.6) is 0 Å². The second-order valence-corrected chi connectivity index (χ2v) is 9.79. The Morgan fingerprint density at radius 1 is 0.368 bits per heavy atom. The van der Waals surface area contributed by atoms with Crippen LogP contribution in [0.25, 0.3) is 55.6 Å². The Labute approximate surface area is 222 Å². The molecular weight excluding hydrogens is 463 g/mol. The van der Waals surface area contributed by atoms with Crippen molar-refractivity contribution in [3.63, 3.8) is 0 Å². The fourth-order valence-corrected chi connectivity index (χ4v) is 6.00. The van der Waals surface area contributed by atoms with E-state index in [1.54, 1.807) is 12.1 Å². The van der Waals surface area contributed by atoms with Gasteiger partial charge in [-0.25, -0.2) is 4.39 Å². The minimum absolute atomic E-state index is 0.223. The topological polar surface area (TPSA) is 0 Å². The molecule has 6 aromatic rings. The highest BCUT2D eigenvalue weighted by atomic mass is 19.1. The minimum Gasteiger partial charge on any atom is -0.207 e. The number of rotatable bonds is 4. The first-order valence-corrected chi connectivity index (χ1v) is 13.0. The van der Waals surface area contributed by atoms with E-state index in [0.29, 0.717) is 0 Å². The van der Waals surface area contributed by atoms with Gasteiger partial charge in [0.2, 0.25) is 0 Å². The Balaban J connectivity index is 1.74. The van der Waals surface area contributed by atoms with Crippen LogP contribution in [-0.2, 0) is 6.42 Å². The summed E-state index contributed by atoms with van der Waals surface area (Å²) in [5, 5.41) is 0. The quantitative estimate of drug-likeness (QED) is 0.231. The van der Waals surface area contributed by atoms with Crippen molar-refractivity contribution in [2.75, 3.05) is 0 Å². The maximum Gasteiger partial charge on any atom is 0.123 e. The van der Waals surface area contributed by atoms with Crippen molar-refractivity contribution < 1.29 is 4.39 Å². The Hall–Kier alpha value is -4.75. The lowest BCUT2D eigenvalue weighted by Crippen LogP contribution is -2.00. The second-order valence-electron chi connectivity index (χ2n) is 9.79. The number of hydrogen-bond acceptors (Lipinski definition) is 0. The predicted molar refractivity (Wildman–Crippen MR) is 156 cm³/mol. The second kappa shape index (κ2) is 9.28. The van der Waals surface area contributed by atoms with Crippen molar-refractivity contribution in [1.82, 2.24) is 0 Å². The SMILES string of the molecule is Fc1ccc(-c2c3c(c(-c4ccccc4)c(-c4ccccc4)c2-c2ccccc2)-c2ccccc2C3)cc1. The average Bonchev–Trinajstić information content (AvgIpc) is 3.37. The Bertz CT molecular complexity index is 1750. The molecule has 38 heavy (non-hydrogen) atoms. The first-order valence-electron chi connectivity index (χ1n) is 13.0. The number of fused-ring (bicyclic) bond motifs is 3. The third-order valence-electron chi connectivity index (χ3n) is 7.58. The zero-order chi connectivity index (χ0) is 25.5. The summed E-state index contributed by atoms with van der Waals surface area (Å²) in [5.74, 6) is -0.223. The molecule has 0 amide bonds. The van der Waals surface area contributed by atoms with Crippen molar-refractivity contribution in [3.8, 4) is 55.6 Å². The predicted octanol–water partition coefficient (Wildman–Crippen LogP) is 10.1. The van der Waals surface area contributed by atoms with Gasteiger partial charge in [-0.2, -0.15) is 0 Å². The van der Waals surface area contributed by atoms with Gasteiger partial charge >= 0.3 is 0 Å². The molecule has 0 aliphatic heterocycles. The van der Waals surface area contributed by atoms with Gasteiger partial charge in [0.1, 0.15) is 5.82 Å². The average molecular weight is 489 g/mol. The number of halogens is 1. The van der Waals surface area contributed by atoms with Crippen LogP contribution in [0.2, 0.25) is 0 Å². The lowest BCUT2D eigenvalue weighted by atomic mass is 9.77. The van der Waals surface area contributed by atoms with Crippen LogP contribution in [0.4, 0.5) is 4.39 Å². The van der Waals surface area contributed by atoms with Gasteiger partial charge in [0.15, 0.2) is 0 Å². The first kappa shape index (κ1) is 22.4. The molecule has 6 aromatic carbocycles. The summed E-state index contributed by atoms with van der Waals surface area (Å²) in [7, 11) is 0. The normalized spacial score (nSPS) is 11.7. The van der Waals surface area contributed by atoms with E-state index in [2.05, 4.69) is 115 Å². The van der Waals surface area contributed by atoms with E-state index < -0.39 is 0 Å². The smallest absolute Gasteiger partial charge is 0.123 e. The van der Waals surface area contributed by atoms with E-state index in [0.717, 1.165) is 17.5 Å². The van der Waals surface area contributed by atoms with E-state index in [4.69, 9.17) is 0 Å². The monoisotopic (exact) mass is 488 g/mol. The van der Waals surface area contributed by atoms with Crippen molar-refractivity contribution in [2.45, 2.75) is 6.42 Å². The molecule has 0 N–H and O–H groups in total. The van der Waals surface area contributed by atoms with Crippen LogP contribution < -0.4 is 0 Å². The largest absolute Gasteiger partial charge is 0.207 e. The molecule has 7 rings (SSSR count). The van der Waals surface area contributed by atoms with Crippen molar-refractivity contribution in [3.05, 3.63) is 156 Å². The summed E-state index contributed by atoms with van der Waals surface area (Å²) in [6, 6.07) is 47.8. The van der Waals surface area contributed by atoms with Gasteiger partial charge in [-0.3, -0.25) is 0 Å². The van der Waals surface area contributed by atoms with Gasteiger partial charge in [0.05, 0.1) is 0 Å². The maximum absolute atomic E-state index is 14.1. The summed E-state index contributed by atoms with van der Waals surface area (Å²) >= 11 is 0. The van der Waals surface area contributed by atoms with Crippen molar-refractivity contribution in [1.29, 1.82) is 0 Å². The molecule has 0 saturated carbocycles. The summed E-state index contributed by atoms with van der Waals surface area (Å²) in [5.41, 5.74) is 14.6. The Morgan fingerprint density at radius 2 is 0.789 bits per heavy atom. The highest BCUT2D eigenvalue weighted by molar-refractivity contribution is 6.10. The summed E-state index contributed by atoms with van der Waals surface area (Å²) in [4.78, 5) is 0. The van der Waals surface area contributed by atoms with E-state index >= 15 is 0 Å². The molecule has 0 atom stereocenters. The van der Waals surface area contributed by atoms with Crippen molar-refractivity contribution >= 4 is 0 Å². The van der Waals surface area contributed by atoms with E-state index in [1.807, 2.05) is 12.1 Å². The van der Waals surface area contributed by atoms with E-state index in [-0.39, 0.29) is 5.82 Å². The van der Waals surface area contributed by atoms with Gasteiger partial charge in [0.25, 0.3) is 0 Å². The molecule has 0 nitrogen and oxygen atoms in total. The van der Waals surface area contributed by atoms with Crippen LogP contribution in [0, 0.1) is 5.82 Å². The Kier molecular flexibility index (Phi) is 5.48. The first-order chi connectivity index (χ1) is 18.8. The summed E-state index contributed by atoms with van der Waals surface area (Å²) in [6.45, 7) is 0. The molecule has 1 aliphatic carbocycles. The molecule has 180 valence electrons. The molecule has 0 radical (unpaired) electrons. The zero-order valence-electron chi connectivity index (χ0n) is 20.9. The van der Waals surface area contributed by atoms with Gasteiger partial charge in [-0.15, -0.1) is 0 Å². The third-order valence-corrected chi connectivity index (χ3v) is 7.58. The van der Waals surface area contributed by atoms with Crippen LogP contribution in [0.1, 0.15) is 11.1 Å². The lowest BCUT2D eigenvalue weighted by Gasteiger charge is -2.25. The molecule has 0 saturated heterocycles. The molecule has 0 unspecified atom stereocenters. The van der Waals surface area contributed by atoms with Gasteiger partial charge in [-0.05, 0) is 85.3 Å². The summed E-state index contributed by atoms with van der Waals surface area (Å²) in [6.07, 6.45) is 0.840. The number of benzene rings is 6. The van der Waals surface area contributed by atoms with E-state index in [1.165, 1.54) is 55.6 Å². The third kappa shape index (κ3) is 3.67. The van der Waals surface area contributed by atoms with Gasteiger partial charge < -0.3 is 0 Å². The zero-order valence-corrected chi connectivity index (χ0v) is 20.9. The van der Waals surface area contributed by atoms with Gasteiger partial charge in [0, 0.05) is 0 Å². The molecule has 0 fully saturated rings. The molecular formula is C37H25F. The van der Waals surface area contributed by atoms with Crippen LogP contribution in [-0.4, -0.2) is 0 Å². The fraction of sp³-hybridized carbons (Fsp3) is 0.0270. The van der Waals surface area contributed by atoms with Crippen molar-refractivity contribution in [2.24, 2.45) is 0 Å². The molecule has 1 aliphatic rings. The van der Waals surface area contributed by atoms with Crippen LogP contribution >= 0.6 is 0 Å². The fourth-order valence-electron chi connectivity index (χ4n) is 6.00. The molecule has 0 bridgehead atoms. The standard InChI is InChI=1S/C37H25F/c38-30-22-20-28(21-23-30)33-32-24-29-18-10-11-19-31(29)37(32)36(27-16-8-3-9-17-27)35(26-14-6-2-7-15-26)34(33)25-12-4-1-5-13-25/h1-23H,24H2. The lowest BCUT2D eigenvalue weighted by molar-refractivity contribution is 0.628. The Morgan fingerprint density at radius 3 is 1.34 bits per heavy atom. The summed E-state index contributed by atoms with van der Waals surface area (Å²) < 4.78 is 14.1. The maximum atomic E-state index is 14.1. The highest BCUT2D eigenvalue weighted by Gasteiger charge is 2.32. The van der Waals surface area contributed by atoms with Crippen LogP contribution in [0.3, 0.4) is 0 Å². The molecule has 0 aromatic heterocycles. The minimum atomic E-state index is -0.223. The van der Waals surface area contributed by atoms with Crippen LogP contribution in [0.15, 0.2) is 140 Å². The van der Waals surface area contributed by atoms with E-state index in [9.17, 15) is 4.39 Å². The van der Waals surface area contributed by atoms with Gasteiger partial charge in [-0.1, -0.05) is 127 Å². The molecule has 0 heterocycles.